The molecule has 0 radical (unpaired) electrons. The lowest BCUT2D eigenvalue weighted by atomic mass is 9.63. The van der Waals surface area contributed by atoms with Gasteiger partial charge in [0.05, 0.1) is 0 Å². The number of fused-ring (bicyclic) bond motifs is 1. The van der Waals surface area contributed by atoms with Gasteiger partial charge >= 0.3 is 0 Å². The Morgan fingerprint density at radius 2 is 1.43 bits per heavy atom. The number of hydrogen-bond donors (Lipinski definition) is 0. The summed E-state index contributed by atoms with van der Waals surface area (Å²) in [5.41, 5.74) is 3.20. The molecule has 0 bridgehead atoms. The highest BCUT2D eigenvalue weighted by atomic mass is 16.5. The summed E-state index contributed by atoms with van der Waals surface area (Å²) in [5.74, 6) is 1.92. The van der Waals surface area contributed by atoms with E-state index < -0.39 is 0 Å². The molecule has 0 heterocycles. The van der Waals surface area contributed by atoms with E-state index in [4.69, 9.17) is 4.74 Å². The van der Waals surface area contributed by atoms with Crippen LogP contribution in [0.3, 0.4) is 0 Å². The lowest BCUT2D eigenvalue weighted by Crippen LogP contribution is -2.34. The van der Waals surface area contributed by atoms with Crippen LogP contribution in [0.25, 0.3) is 0 Å². The van der Waals surface area contributed by atoms with Gasteiger partial charge in [-0.3, -0.25) is 0 Å². The molecule has 0 spiro atoms. The van der Waals surface area contributed by atoms with Gasteiger partial charge in [-0.15, -0.1) is 0 Å². The van der Waals surface area contributed by atoms with Crippen LogP contribution in [0.15, 0.2) is 48.5 Å². The van der Waals surface area contributed by atoms with Crippen molar-refractivity contribution in [3.8, 4) is 11.5 Å². The van der Waals surface area contributed by atoms with Gasteiger partial charge < -0.3 is 4.74 Å². The molecule has 0 saturated carbocycles. The molecule has 21 heavy (non-hydrogen) atoms. The van der Waals surface area contributed by atoms with Gasteiger partial charge in [0.2, 0.25) is 0 Å². The summed E-state index contributed by atoms with van der Waals surface area (Å²) < 4.78 is 6.21. The number of ether oxygens (including phenoxy) is 1. The molecule has 1 nitrogen and oxygen atoms in total. The van der Waals surface area contributed by atoms with Crippen molar-refractivity contribution in [2.45, 2.75) is 51.4 Å². The lowest BCUT2D eigenvalue weighted by Gasteiger charge is -2.42. The predicted octanol–water partition coefficient (Wildman–Crippen LogP) is 5.83. The Hall–Kier alpha value is -1.76. The van der Waals surface area contributed by atoms with E-state index in [0.717, 1.165) is 11.5 Å². The standard InChI is InChI=1S/C20H24O/c1-19(2)13-14-20(3,4)18-16(19)11-8-12-17(18)21-15-9-6-5-7-10-15/h5-12H,13-14H2,1-4H3. The molecular formula is C20H24O. The number of para-hydroxylation sites is 1. The maximum absolute atomic E-state index is 6.21. The van der Waals surface area contributed by atoms with E-state index in [1.54, 1.807) is 0 Å². The molecule has 110 valence electrons. The molecule has 1 aliphatic carbocycles. The summed E-state index contributed by atoms with van der Waals surface area (Å²) in [5, 5.41) is 0. The van der Waals surface area contributed by atoms with Crippen LogP contribution in [-0.4, -0.2) is 0 Å². The Morgan fingerprint density at radius 3 is 2.14 bits per heavy atom. The Morgan fingerprint density at radius 1 is 0.762 bits per heavy atom. The second-order valence-corrected chi connectivity index (χ2v) is 7.36. The lowest BCUT2D eigenvalue weighted by molar-refractivity contribution is 0.320. The highest BCUT2D eigenvalue weighted by molar-refractivity contribution is 5.51. The first-order valence-corrected chi connectivity index (χ1v) is 7.77. The summed E-state index contributed by atoms with van der Waals surface area (Å²) in [6.07, 6.45) is 2.42. The molecule has 0 aliphatic heterocycles. The van der Waals surface area contributed by atoms with Crippen molar-refractivity contribution in [1.29, 1.82) is 0 Å². The fraction of sp³-hybridized carbons (Fsp3) is 0.400. The summed E-state index contributed by atoms with van der Waals surface area (Å²) in [6, 6.07) is 16.6. The van der Waals surface area contributed by atoms with Gasteiger partial charge in [0.25, 0.3) is 0 Å². The highest BCUT2D eigenvalue weighted by Crippen LogP contribution is 2.49. The van der Waals surface area contributed by atoms with E-state index in [9.17, 15) is 0 Å². The average molecular weight is 280 g/mol. The summed E-state index contributed by atoms with van der Waals surface area (Å²) in [7, 11) is 0. The highest BCUT2D eigenvalue weighted by Gasteiger charge is 2.39. The minimum Gasteiger partial charge on any atom is -0.457 e. The maximum atomic E-state index is 6.21. The summed E-state index contributed by atoms with van der Waals surface area (Å²) in [4.78, 5) is 0. The monoisotopic (exact) mass is 280 g/mol. The van der Waals surface area contributed by atoms with E-state index in [0.29, 0.717) is 0 Å². The largest absolute Gasteiger partial charge is 0.457 e. The third-order valence-electron chi connectivity index (χ3n) is 4.78. The van der Waals surface area contributed by atoms with Crippen molar-refractivity contribution in [2.24, 2.45) is 0 Å². The second kappa shape index (κ2) is 4.91. The van der Waals surface area contributed by atoms with E-state index in [2.05, 4.69) is 45.9 Å². The SMILES string of the molecule is CC1(C)CCC(C)(C)c2c(Oc3ccccc3)cccc21. The Bertz CT molecular complexity index is 638. The molecule has 1 aliphatic rings. The van der Waals surface area contributed by atoms with Crippen LogP contribution < -0.4 is 4.74 Å². The van der Waals surface area contributed by atoms with Crippen LogP contribution >= 0.6 is 0 Å². The van der Waals surface area contributed by atoms with Crippen LogP contribution in [0.4, 0.5) is 0 Å². The van der Waals surface area contributed by atoms with Gasteiger partial charge in [-0.05, 0) is 47.4 Å². The van der Waals surface area contributed by atoms with Gasteiger partial charge in [0.15, 0.2) is 0 Å². The molecule has 0 amide bonds. The number of rotatable bonds is 2. The van der Waals surface area contributed by atoms with Crippen LogP contribution in [0.5, 0.6) is 11.5 Å². The third kappa shape index (κ3) is 2.57. The van der Waals surface area contributed by atoms with Crippen LogP contribution in [0.2, 0.25) is 0 Å². The van der Waals surface area contributed by atoms with Crippen LogP contribution in [0, 0.1) is 0 Å². The smallest absolute Gasteiger partial charge is 0.131 e. The van der Waals surface area contributed by atoms with Gasteiger partial charge in [-0.25, -0.2) is 0 Å². The van der Waals surface area contributed by atoms with Crippen molar-refractivity contribution < 1.29 is 4.74 Å². The Labute approximate surface area is 128 Å². The summed E-state index contributed by atoms with van der Waals surface area (Å²) in [6.45, 7) is 9.35. The predicted molar refractivity (Wildman–Crippen MR) is 88.2 cm³/mol. The molecule has 3 rings (SSSR count). The minimum absolute atomic E-state index is 0.163. The molecule has 0 N–H and O–H groups in total. The Kier molecular flexibility index (Phi) is 3.32. The normalized spacial score (nSPS) is 18.9. The third-order valence-corrected chi connectivity index (χ3v) is 4.78. The molecule has 1 heteroatoms. The zero-order chi connectivity index (χ0) is 15.1. The van der Waals surface area contributed by atoms with Crippen molar-refractivity contribution >= 4 is 0 Å². The van der Waals surface area contributed by atoms with Crippen LogP contribution in [0.1, 0.15) is 51.7 Å². The fourth-order valence-electron chi connectivity index (χ4n) is 3.38. The van der Waals surface area contributed by atoms with E-state index in [-0.39, 0.29) is 10.8 Å². The first kappa shape index (κ1) is 14.2. The minimum atomic E-state index is 0.163. The molecule has 0 saturated heterocycles. The fourth-order valence-corrected chi connectivity index (χ4v) is 3.38. The van der Waals surface area contributed by atoms with E-state index >= 15 is 0 Å². The van der Waals surface area contributed by atoms with Gasteiger partial charge in [-0.1, -0.05) is 58.0 Å². The first-order chi connectivity index (χ1) is 9.90. The molecule has 0 atom stereocenters. The zero-order valence-electron chi connectivity index (χ0n) is 13.4. The molecule has 2 aromatic rings. The number of benzene rings is 2. The first-order valence-electron chi connectivity index (χ1n) is 7.77. The van der Waals surface area contributed by atoms with E-state index in [1.165, 1.54) is 24.0 Å². The molecule has 0 unspecified atom stereocenters. The molecule has 2 aromatic carbocycles. The van der Waals surface area contributed by atoms with Gasteiger partial charge in [-0.2, -0.15) is 0 Å². The van der Waals surface area contributed by atoms with Gasteiger partial charge in [0, 0.05) is 5.56 Å². The summed E-state index contributed by atoms with van der Waals surface area (Å²) >= 11 is 0. The molecule has 0 aromatic heterocycles. The number of hydrogen-bond acceptors (Lipinski definition) is 1. The second-order valence-electron chi connectivity index (χ2n) is 7.36. The van der Waals surface area contributed by atoms with Crippen molar-refractivity contribution in [2.75, 3.05) is 0 Å². The van der Waals surface area contributed by atoms with Gasteiger partial charge in [0.1, 0.15) is 11.5 Å². The van der Waals surface area contributed by atoms with Crippen molar-refractivity contribution in [3.05, 3.63) is 59.7 Å². The zero-order valence-corrected chi connectivity index (χ0v) is 13.4. The topological polar surface area (TPSA) is 9.23 Å². The maximum Gasteiger partial charge on any atom is 0.131 e. The Balaban J connectivity index is 2.11. The van der Waals surface area contributed by atoms with Crippen molar-refractivity contribution in [3.63, 3.8) is 0 Å². The quantitative estimate of drug-likeness (QED) is 0.672. The molecular weight excluding hydrogens is 256 g/mol. The van der Waals surface area contributed by atoms with Crippen LogP contribution in [-0.2, 0) is 10.8 Å². The van der Waals surface area contributed by atoms with E-state index in [1.807, 2.05) is 30.3 Å². The average Bonchev–Trinajstić information content (AvgIpc) is 2.45. The van der Waals surface area contributed by atoms with Crippen molar-refractivity contribution in [1.82, 2.24) is 0 Å². The molecule has 0 fully saturated rings.